The highest BCUT2D eigenvalue weighted by atomic mass is 15.3. The molecule has 1 aliphatic rings. The van der Waals surface area contributed by atoms with Crippen molar-refractivity contribution < 1.29 is 0 Å². The molecule has 2 unspecified atom stereocenters. The van der Waals surface area contributed by atoms with Crippen molar-refractivity contribution in [2.45, 2.75) is 26.3 Å². The summed E-state index contributed by atoms with van der Waals surface area (Å²) in [4.78, 5) is 10.2. The van der Waals surface area contributed by atoms with E-state index in [1.54, 1.807) is 6.20 Å². The van der Waals surface area contributed by atoms with E-state index in [4.69, 9.17) is 0 Å². The molecule has 6 nitrogen and oxygen atoms in total. The van der Waals surface area contributed by atoms with Crippen LogP contribution in [0, 0.1) is 11.8 Å². The van der Waals surface area contributed by atoms with Gasteiger partial charge in [0.1, 0.15) is 5.82 Å². The van der Waals surface area contributed by atoms with Crippen LogP contribution < -0.4 is 0 Å². The lowest BCUT2D eigenvalue weighted by Crippen LogP contribution is -2.21. The standard InChI is InChI=1S/C21H24N6/c1-14(2)16-12-26(11-15-6-4-3-5-7-15)13-17(16)21-25-24-19-10-23-20-18(27(19)21)8-9-22-20/h3-10,14,16-17,22H,11-13H2,1-2H3. The van der Waals surface area contributed by atoms with Crippen molar-refractivity contribution >= 4 is 16.8 Å². The maximum Gasteiger partial charge on any atom is 0.179 e. The number of likely N-dealkylation sites (tertiary alicyclic amines) is 1. The van der Waals surface area contributed by atoms with Gasteiger partial charge in [0.15, 0.2) is 11.3 Å². The average Bonchev–Trinajstić information content (AvgIpc) is 3.39. The molecule has 27 heavy (non-hydrogen) atoms. The summed E-state index contributed by atoms with van der Waals surface area (Å²) in [6.07, 6.45) is 3.73. The van der Waals surface area contributed by atoms with Crippen molar-refractivity contribution in [3.8, 4) is 0 Å². The average molecular weight is 360 g/mol. The van der Waals surface area contributed by atoms with Gasteiger partial charge < -0.3 is 4.98 Å². The fraction of sp³-hybridized carbons (Fsp3) is 0.381. The Bertz CT molecular complexity index is 1060. The van der Waals surface area contributed by atoms with Crippen molar-refractivity contribution in [1.29, 1.82) is 0 Å². The predicted octanol–water partition coefficient (Wildman–Crippen LogP) is 3.48. The van der Waals surface area contributed by atoms with Gasteiger partial charge in [0.05, 0.1) is 11.7 Å². The van der Waals surface area contributed by atoms with Gasteiger partial charge in [-0.25, -0.2) is 4.98 Å². The first-order valence-electron chi connectivity index (χ1n) is 9.64. The molecule has 0 amide bonds. The van der Waals surface area contributed by atoms with E-state index in [2.05, 4.69) is 79.7 Å². The third-order valence-corrected chi connectivity index (χ3v) is 5.84. The molecule has 0 aliphatic carbocycles. The lowest BCUT2D eigenvalue weighted by Gasteiger charge is -2.20. The Morgan fingerprint density at radius 3 is 2.78 bits per heavy atom. The van der Waals surface area contributed by atoms with E-state index in [0.29, 0.717) is 17.8 Å². The molecule has 1 fully saturated rings. The number of nitrogens with one attached hydrogen (secondary N) is 1. The lowest BCUT2D eigenvalue weighted by atomic mass is 9.85. The van der Waals surface area contributed by atoms with E-state index in [-0.39, 0.29) is 0 Å². The van der Waals surface area contributed by atoms with Crippen molar-refractivity contribution in [2.75, 3.05) is 13.1 Å². The zero-order chi connectivity index (χ0) is 18.4. The van der Waals surface area contributed by atoms with Crippen LogP contribution in [0.2, 0.25) is 0 Å². The number of hydrogen-bond donors (Lipinski definition) is 1. The van der Waals surface area contributed by atoms with Gasteiger partial charge in [-0.05, 0) is 23.5 Å². The first kappa shape index (κ1) is 16.4. The van der Waals surface area contributed by atoms with E-state index in [0.717, 1.165) is 42.3 Å². The molecule has 6 heteroatoms. The van der Waals surface area contributed by atoms with Crippen LogP contribution >= 0.6 is 0 Å². The smallest absolute Gasteiger partial charge is 0.179 e. The Morgan fingerprint density at radius 2 is 1.96 bits per heavy atom. The fourth-order valence-electron chi connectivity index (χ4n) is 4.47. The van der Waals surface area contributed by atoms with E-state index >= 15 is 0 Å². The van der Waals surface area contributed by atoms with Crippen molar-refractivity contribution in [1.82, 2.24) is 29.5 Å². The van der Waals surface area contributed by atoms with Gasteiger partial charge >= 0.3 is 0 Å². The second-order valence-corrected chi connectivity index (χ2v) is 7.92. The lowest BCUT2D eigenvalue weighted by molar-refractivity contribution is 0.296. The Balaban J connectivity index is 1.53. The summed E-state index contributed by atoms with van der Waals surface area (Å²) in [5.74, 6) is 2.57. The van der Waals surface area contributed by atoms with Crippen LogP contribution in [0.3, 0.4) is 0 Å². The zero-order valence-electron chi connectivity index (χ0n) is 15.7. The Kier molecular flexibility index (Phi) is 3.93. The minimum Gasteiger partial charge on any atom is -0.345 e. The van der Waals surface area contributed by atoms with E-state index in [9.17, 15) is 0 Å². The van der Waals surface area contributed by atoms with Crippen molar-refractivity contribution in [3.05, 3.63) is 60.2 Å². The molecule has 2 atom stereocenters. The molecule has 1 aromatic carbocycles. The van der Waals surface area contributed by atoms with Crippen LogP contribution in [-0.2, 0) is 6.54 Å². The van der Waals surface area contributed by atoms with Gasteiger partial charge in [-0.2, -0.15) is 0 Å². The molecule has 1 saturated heterocycles. The van der Waals surface area contributed by atoms with Crippen LogP contribution in [0.4, 0.5) is 0 Å². The summed E-state index contributed by atoms with van der Waals surface area (Å²) in [6, 6.07) is 12.8. The SMILES string of the molecule is CC(C)C1CN(Cc2ccccc2)CC1c1nnc2cnc3[nH]ccc3n12. The summed E-state index contributed by atoms with van der Waals surface area (Å²) < 4.78 is 2.19. The number of aromatic amines is 1. The summed E-state index contributed by atoms with van der Waals surface area (Å²) in [6.45, 7) is 7.72. The first-order chi connectivity index (χ1) is 13.2. The summed E-state index contributed by atoms with van der Waals surface area (Å²) in [7, 11) is 0. The third kappa shape index (κ3) is 2.80. The number of benzene rings is 1. The highest BCUT2D eigenvalue weighted by Gasteiger charge is 2.38. The number of rotatable bonds is 4. The van der Waals surface area contributed by atoms with Gasteiger partial charge in [0, 0.05) is 31.7 Å². The zero-order valence-corrected chi connectivity index (χ0v) is 15.7. The van der Waals surface area contributed by atoms with Crippen molar-refractivity contribution in [3.63, 3.8) is 0 Å². The Morgan fingerprint density at radius 1 is 1.11 bits per heavy atom. The molecular formula is C21H24N6. The Labute approximate surface area is 158 Å². The van der Waals surface area contributed by atoms with Gasteiger partial charge in [-0.15, -0.1) is 10.2 Å². The summed E-state index contributed by atoms with van der Waals surface area (Å²) in [5.41, 5.74) is 4.12. The summed E-state index contributed by atoms with van der Waals surface area (Å²) in [5, 5.41) is 9.03. The molecule has 4 heterocycles. The van der Waals surface area contributed by atoms with Crippen LogP contribution in [0.1, 0.15) is 31.2 Å². The maximum absolute atomic E-state index is 4.61. The molecule has 4 aromatic rings. The second kappa shape index (κ2) is 6.46. The molecular weight excluding hydrogens is 336 g/mol. The highest BCUT2D eigenvalue weighted by molar-refractivity contribution is 5.74. The minimum absolute atomic E-state index is 0.365. The Hall–Kier alpha value is -2.73. The highest BCUT2D eigenvalue weighted by Crippen LogP contribution is 2.37. The molecule has 3 aromatic heterocycles. The second-order valence-electron chi connectivity index (χ2n) is 7.92. The number of hydrogen-bond acceptors (Lipinski definition) is 4. The van der Waals surface area contributed by atoms with Crippen LogP contribution in [0.25, 0.3) is 16.8 Å². The van der Waals surface area contributed by atoms with E-state index in [1.807, 2.05) is 6.20 Å². The maximum atomic E-state index is 4.61. The molecule has 0 spiro atoms. The van der Waals surface area contributed by atoms with Crippen LogP contribution in [0.15, 0.2) is 48.8 Å². The monoisotopic (exact) mass is 360 g/mol. The van der Waals surface area contributed by atoms with Crippen molar-refractivity contribution in [2.24, 2.45) is 11.8 Å². The van der Waals surface area contributed by atoms with Gasteiger partial charge in [-0.3, -0.25) is 9.30 Å². The molecule has 5 rings (SSSR count). The van der Waals surface area contributed by atoms with Crippen LogP contribution in [0.5, 0.6) is 0 Å². The summed E-state index contributed by atoms with van der Waals surface area (Å²) >= 11 is 0. The molecule has 1 aliphatic heterocycles. The molecule has 138 valence electrons. The predicted molar refractivity (Wildman–Crippen MR) is 105 cm³/mol. The van der Waals surface area contributed by atoms with E-state index < -0.39 is 0 Å². The number of fused-ring (bicyclic) bond motifs is 3. The number of H-pyrrole nitrogens is 1. The topological polar surface area (TPSA) is 62.1 Å². The molecule has 0 bridgehead atoms. The van der Waals surface area contributed by atoms with Gasteiger partial charge in [0.25, 0.3) is 0 Å². The quantitative estimate of drug-likeness (QED) is 0.605. The molecule has 0 saturated carbocycles. The van der Waals surface area contributed by atoms with Gasteiger partial charge in [0.2, 0.25) is 0 Å². The fourth-order valence-corrected chi connectivity index (χ4v) is 4.47. The first-order valence-corrected chi connectivity index (χ1v) is 9.64. The van der Waals surface area contributed by atoms with Gasteiger partial charge in [-0.1, -0.05) is 44.2 Å². The third-order valence-electron chi connectivity index (χ3n) is 5.84. The normalized spacial score (nSPS) is 21.0. The number of nitrogens with zero attached hydrogens (tertiary/aromatic N) is 5. The van der Waals surface area contributed by atoms with E-state index in [1.165, 1.54) is 5.56 Å². The largest absolute Gasteiger partial charge is 0.345 e. The number of aromatic nitrogens is 5. The molecule has 0 radical (unpaired) electrons. The molecule has 1 N–H and O–H groups in total. The van der Waals surface area contributed by atoms with Crippen LogP contribution in [-0.4, -0.2) is 42.6 Å². The minimum atomic E-state index is 0.365.